The molecule has 0 atom stereocenters. The first-order valence-corrected chi connectivity index (χ1v) is 13.0. The molecule has 0 aliphatic carbocycles. The van der Waals surface area contributed by atoms with Crippen LogP contribution >= 0.6 is 11.6 Å². The van der Waals surface area contributed by atoms with Gasteiger partial charge in [0.05, 0.1) is 17.4 Å². The number of aromatic amines is 1. The number of halogens is 2. The maximum absolute atomic E-state index is 14.6. The van der Waals surface area contributed by atoms with Crippen molar-refractivity contribution >= 4 is 28.2 Å². The van der Waals surface area contributed by atoms with Gasteiger partial charge < -0.3 is 9.80 Å². The number of rotatable bonds is 4. The molecule has 6 rings (SSSR count). The summed E-state index contributed by atoms with van der Waals surface area (Å²) in [7, 11) is 2.21. The van der Waals surface area contributed by atoms with E-state index in [9.17, 15) is 4.39 Å². The van der Waals surface area contributed by atoms with E-state index in [1.165, 1.54) is 45.1 Å². The van der Waals surface area contributed by atoms with Gasteiger partial charge in [-0.3, -0.25) is 15.0 Å². The van der Waals surface area contributed by atoms with Gasteiger partial charge in [0.2, 0.25) is 0 Å². The van der Waals surface area contributed by atoms with E-state index in [1.54, 1.807) is 18.3 Å². The van der Waals surface area contributed by atoms with Crippen molar-refractivity contribution in [3.8, 4) is 22.4 Å². The Kier molecular flexibility index (Phi) is 6.37. The molecular formula is C28H30ClFN6. The summed E-state index contributed by atoms with van der Waals surface area (Å²) >= 11 is 6.14. The Balaban J connectivity index is 1.23. The molecule has 2 aliphatic rings. The molecule has 1 N–H and O–H groups in total. The van der Waals surface area contributed by atoms with E-state index >= 15 is 0 Å². The van der Waals surface area contributed by atoms with Crippen LogP contribution in [0.25, 0.3) is 33.3 Å². The zero-order chi connectivity index (χ0) is 24.6. The lowest BCUT2D eigenvalue weighted by Crippen LogP contribution is -2.52. The maximum Gasteiger partial charge on any atom is 0.132 e. The maximum atomic E-state index is 14.6. The van der Waals surface area contributed by atoms with Crippen molar-refractivity contribution in [1.82, 2.24) is 25.0 Å². The van der Waals surface area contributed by atoms with Crippen molar-refractivity contribution < 1.29 is 4.39 Å². The molecule has 4 heterocycles. The zero-order valence-corrected chi connectivity index (χ0v) is 21.2. The predicted molar refractivity (Wildman–Crippen MR) is 144 cm³/mol. The molecule has 4 aromatic rings. The normalized spacial score (nSPS) is 18.2. The predicted octanol–water partition coefficient (Wildman–Crippen LogP) is 5.30. The Hall–Kier alpha value is -3.00. The molecule has 0 saturated carbocycles. The van der Waals surface area contributed by atoms with E-state index in [1.807, 2.05) is 18.3 Å². The number of hydrogen-bond acceptors (Lipinski definition) is 5. The van der Waals surface area contributed by atoms with Gasteiger partial charge in [-0.25, -0.2) is 4.39 Å². The molecule has 36 heavy (non-hydrogen) atoms. The molecule has 0 spiro atoms. The Bertz CT molecular complexity index is 1370. The van der Waals surface area contributed by atoms with Crippen molar-refractivity contribution in [2.24, 2.45) is 0 Å². The lowest BCUT2D eigenvalue weighted by Gasteiger charge is -2.42. The molecule has 0 radical (unpaired) electrons. The zero-order valence-electron chi connectivity index (χ0n) is 20.4. The first-order valence-electron chi connectivity index (χ1n) is 12.6. The number of piperidine rings is 1. The van der Waals surface area contributed by atoms with Gasteiger partial charge in [0, 0.05) is 73.0 Å². The van der Waals surface area contributed by atoms with Crippen LogP contribution in [0, 0.1) is 5.82 Å². The minimum atomic E-state index is -0.350. The van der Waals surface area contributed by atoms with Gasteiger partial charge in [0.1, 0.15) is 11.5 Å². The monoisotopic (exact) mass is 504 g/mol. The fourth-order valence-electron chi connectivity index (χ4n) is 5.53. The molecule has 6 nitrogen and oxygen atoms in total. The fraction of sp³-hybridized carbons (Fsp3) is 0.357. The fourth-order valence-corrected chi connectivity index (χ4v) is 5.70. The largest absolute Gasteiger partial charge is 0.370 e. The quantitative estimate of drug-likeness (QED) is 0.408. The molecule has 0 bridgehead atoms. The van der Waals surface area contributed by atoms with Crippen LogP contribution < -0.4 is 4.90 Å². The van der Waals surface area contributed by atoms with Gasteiger partial charge in [-0.2, -0.15) is 5.10 Å². The van der Waals surface area contributed by atoms with Crippen molar-refractivity contribution in [3.05, 3.63) is 65.7 Å². The minimum Gasteiger partial charge on any atom is -0.370 e. The van der Waals surface area contributed by atoms with Crippen LogP contribution in [-0.2, 0) is 0 Å². The average Bonchev–Trinajstić information content (AvgIpc) is 3.40. The standard InChI is InChI=1S/C28H30ClFN6/c1-34-10-12-36(13-11-34)22-6-8-35(9-7-22)23-15-20-14-19(2-5-27(20)31-17-23)25-18-32-33-28(25)24-16-21(29)3-4-26(24)30/h2-5,14-18,22H,6-13H2,1H3,(H,32,33). The smallest absolute Gasteiger partial charge is 0.132 e. The van der Waals surface area contributed by atoms with Gasteiger partial charge in [-0.15, -0.1) is 0 Å². The van der Waals surface area contributed by atoms with E-state index in [0.29, 0.717) is 22.3 Å². The SMILES string of the molecule is CN1CCN(C2CCN(c3cnc4ccc(-c5c[nH]nc5-c5cc(Cl)ccc5F)cc4c3)CC2)CC1. The highest BCUT2D eigenvalue weighted by molar-refractivity contribution is 6.30. The molecule has 2 saturated heterocycles. The van der Waals surface area contributed by atoms with Crippen LogP contribution in [0.2, 0.25) is 5.02 Å². The number of anilines is 1. The molecule has 8 heteroatoms. The summed E-state index contributed by atoms with van der Waals surface area (Å²) in [6.45, 7) is 6.78. The highest BCUT2D eigenvalue weighted by atomic mass is 35.5. The third-order valence-electron chi connectivity index (χ3n) is 7.69. The second kappa shape index (κ2) is 9.81. The number of fused-ring (bicyclic) bond motifs is 1. The van der Waals surface area contributed by atoms with E-state index < -0.39 is 0 Å². The van der Waals surface area contributed by atoms with Crippen molar-refractivity contribution in [2.45, 2.75) is 18.9 Å². The van der Waals surface area contributed by atoms with Crippen LogP contribution in [0.4, 0.5) is 10.1 Å². The molecule has 2 aromatic carbocycles. The van der Waals surface area contributed by atoms with E-state index in [-0.39, 0.29) is 5.82 Å². The summed E-state index contributed by atoms with van der Waals surface area (Å²) in [6.07, 6.45) is 6.16. The van der Waals surface area contributed by atoms with Crippen LogP contribution in [0.1, 0.15) is 12.8 Å². The highest BCUT2D eigenvalue weighted by Crippen LogP contribution is 2.35. The second-order valence-electron chi connectivity index (χ2n) is 9.93. The number of piperazine rings is 1. The summed E-state index contributed by atoms with van der Waals surface area (Å²) in [5, 5.41) is 8.76. The Morgan fingerprint density at radius 3 is 2.56 bits per heavy atom. The molecule has 2 aromatic heterocycles. The first kappa shape index (κ1) is 23.4. The van der Waals surface area contributed by atoms with E-state index in [0.717, 1.165) is 40.8 Å². The topological polar surface area (TPSA) is 51.3 Å². The van der Waals surface area contributed by atoms with Gasteiger partial charge in [-0.1, -0.05) is 17.7 Å². The number of hydrogen-bond donors (Lipinski definition) is 1. The summed E-state index contributed by atoms with van der Waals surface area (Å²) < 4.78 is 14.6. The average molecular weight is 505 g/mol. The second-order valence-corrected chi connectivity index (χ2v) is 10.4. The summed E-state index contributed by atoms with van der Waals surface area (Å²) in [6, 6.07) is 13.6. The lowest BCUT2D eigenvalue weighted by atomic mass is 9.99. The molecule has 0 unspecified atom stereocenters. The van der Waals surface area contributed by atoms with Crippen molar-refractivity contribution in [2.75, 3.05) is 51.2 Å². The molecule has 0 amide bonds. The Labute approximate surface area is 215 Å². The van der Waals surface area contributed by atoms with Crippen LogP contribution in [0.15, 0.2) is 54.9 Å². The van der Waals surface area contributed by atoms with Crippen LogP contribution in [-0.4, -0.2) is 77.3 Å². The van der Waals surface area contributed by atoms with Gasteiger partial charge in [0.15, 0.2) is 0 Å². The molecular weight excluding hydrogens is 475 g/mol. The van der Waals surface area contributed by atoms with Crippen molar-refractivity contribution in [3.63, 3.8) is 0 Å². The summed E-state index contributed by atoms with van der Waals surface area (Å²) in [5.41, 5.74) is 4.81. The summed E-state index contributed by atoms with van der Waals surface area (Å²) in [4.78, 5) is 12.3. The lowest BCUT2D eigenvalue weighted by molar-refractivity contribution is 0.0982. The third kappa shape index (κ3) is 4.59. The number of nitrogens with one attached hydrogen (secondary N) is 1. The Morgan fingerprint density at radius 1 is 0.944 bits per heavy atom. The third-order valence-corrected chi connectivity index (χ3v) is 7.92. The molecule has 186 valence electrons. The number of H-pyrrole nitrogens is 1. The minimum absolute atomic E-state index is 0.350. The number of benzene rings is 2. The number of aromatic nitrogens is 3. The summed E-state index contributed by atoms with van der Waals surface area (Å²) in [5.74, 6) is -0.350. The van der Waals surface area contributed by atoms with E-state index in [2.05, 4.69) is 44.1 Å². The number of likely N-dealkylation sites (N-methyl/N-ethyl adjacent to an activating group) is 1. The van der Waals surface area contributed by atoms with E-state index in [4.69, 9.17) is 16.6 Å². The van der Waals surface area contributed by atoms with Crippen LogP contribution in [0.3, 0.4) is 0 Å². The van der Waals surface area contributed by atoms with Gasteiger partial charge in [0.25, 0.3) is 0 Å². The van der Waals surface area contributed by atoms with Crippen molar-refractivity contribution in [1.29, 1.82) is 0 Å². The number of nitrogens with zero attached hydrogens (tertiary/aromatic N) is 5. The number of pyridine rings is 1. The Morgan fingerprint density at radius 2 is 1.75 bits per heavy atom. The van der Waals surface area contributed by atoms with Gasteiger partial charge >= 0.3 is 0 Å². The molecule has 2 aliphatic heterocycles. The highest BCUT2D eigenvalue weighted by Gasteiger charge is 2.27. The first-order chi connectivity index (χ1) is 17.5. The van der Waals surface area contributed by atoms with Crippen LogP contribution in [0.5, 0.6) is 0 Å². The van der Waals surface area contributed by atoms with Gasteiger partial charge in [-0.05, 0) is 61.9 Å². The molecule has 2 fully saturated rings.